The number of nitrogens with one attached hydrogen (secondary N) is 3. The minimum atomic E-state index is -1.39. The second kappa shape index (κ2) is 10.7. The number of aromatic nitrogens is 3. The van der Waals surface area contributed by atoms with E-state index in [0.717, 1.165) is 62.8 Å². The molecule has 1 aliphatic carbocycles. The number of oxazole rings is 2. The first-order valence-electron chi connectivity index (χ1n) is 18.6. The van der Waals surface area contributed by atoms with Crippen LogP contribution in [0, 0.1) is 11.8 Å². The zero-order valence-electron chi connectivity index (χ0n) is 29.3. The van der Waals surface area contributed by atoms with E-state index >= 15 is 0 Å². The van der Waals surface area contributed by atoms with E-state index < -0.39 is 29.2 Å². The van der Waals surface area contributed by atoms with Gasteiger partial charge in [-0.1, -0.05) is 56.3 Å². The van der Waals surface area contributed by atoms with Gasteiger partial charge < -0.3 is 34.3 Å². The van der Waals surface area contributed by atoms with E-state index in [1.807, 2.05) is 38.2 Å². The fraction of sp³-hybridized carbons (Fsp3) is 0.333. The van der Waals surface area contributed by atoms with E-state index in [9.17, 15) is 14.7 Å². The Morgan fingerprint density at radius 3 is 2.68 bits per heavy atom. The molecule has 2 unspecified atom stereocenters. The van der Waals surface area contributed by atoms with Crippen LogP contribution >= 0.6 is 0 Å². The maximum absolute atomic E-state index is 14.3. The lowest BCUT2D eigenvalue weighted by Crippen LogP contribution is -2.42. The molecule has 1 amide bonds. The highest BCUT2D eigenvalue weighted by atomic mass is 16.5. The average molecular weight is 708 g/mol. The number of amides is 1. The number of aromatic amines is 1. The number of H-pyrrole nitrogens is 1. The molecule has 11 heteroatoms. The number of hydrogen-bond acceptors (Lipinski definition) is 9. The van der Waals surface area contributed by atoms with Gasteiger partial charge in [-0.25, -0.2) is 9.97 Å². The summed E-state index contributed by atoms with van der Waals surface area (Å²) in [6.45, 7) is 4.00. The Labute approximate surface area is 304 Å². The first kappa shape index (κ1) is 30.9. The number of ketones is 1. The van der Waals surface area contributed by atoms with Crippen molar-refractivity contribution < 1.29 is 28.3 Å². The molecule has 4 atom stereocenters. The first-order chi connectivity index (χ1) is 25.7. The topological polar surface area (TPSA) is 156 Å². The third-order valence-corrected chi connectivity index (χ3v) is 12.3. The van der Waals surface area contributed by atoms with Crippen molar-refractivity contribution in [1.82, 2.24) is 20.3 Å². The molecule has 6 aromatic rings. The number of ether oxygens (including phenoxy) is 1. The SMILES string of the molecule is CC(C)[C@@H]1NC(=O)C(CC(=O)C2(O)CCCC2)Cc2ccc3c(c2)[C@]24c5cccc(c5NC2O3)-c2cccc3[nH]cc(c23)-c2cnc(o2)-c2nc1oc24. The molecule has 266 valence electrons. The summed E-state index contributed by atoms with van der Waals surface area (Å²) < 4.78 is 20.5. The standard InChI is InChI=1S/C42H37N5O6/c1-20(2)33-39-46-35-36(53-39)42-26-9-5-8-24(23-7-6-10-28-32(23)25(18-43-28)30-19-44-38(35)51-30)34(26)47-40(42)52-29-12-11-21(16-27(29)42)15-22(37(49)45-33)17-31(48)41(50)13-3-4-14-41/h5-12,16,18-20,22,33,40,43,47,50H,3-4,13-15,17H2,1-2H3,(H,45,49)/t22?,33-,40?,42-/m0/s1. The van der Waals surface area contributed by atoms with Crippen molar-refractivity contribution >= 4 is 28.3 Å². The van der Waals surface area contributed by atoms with Gasteiger partial charge in [-0.3, -0.25) is 9.59 Å². The summed E-state index contributed by atoms with van der Waals surface area (Å²) in [5.74, 6) is 0.928. The van der Waals surface area contributed by atoms with Crippen LogP contribution in [-0.4, -0.2) is 43.6 Å². The second-order valence-electron chi connectivity index (χ2n) is 15.7. The second-order valence-corrected chi connectivity index (χ2v) is 15.7. The third-order valence-electron chi connectivity index (χ3n) is 12.3. The number of aliphatic hydroxyl groups is 1. The van der Waals surface area contributed by atoms with Crippen molar-refractivity contribution in [3.63, 3.8) is 0 Å². The lowest BCUT2D eigenvalue weighted by Gasteiger charge is -2.29. The monoisotopic (exact) mass is 707 g/mol. The fourth-order valence-electron chi connectivity index (χ4n) is 9.62. The van der Waals surface area contributed by atoms with Gasteiger partial charge in [0.15, 0.2) is 29.2 Å². The van der Waals surface area contributed by atoms with Gasteiger partial charge in [0.1, 0.15) is 22.8 Å². The van der Waals surface area contributed by atoms with Crippen LogP contribution in [0.3, 0.4) is 0 Å². The number of hydrogen-bond donors (Lipinski definition) is 4. The highest BCUT2D eigenvalue weighted by molar-refractivity contribution is 6.07. The number of carbonyl (C=O) groups excluding carboxylic acids is 2. The maximum atomic E-state index is 14.3. The van der Waals surface area contributed by atoms with Crippen molar-refractivity contribution in [2.75, 3.05) is 5.32 Å². The molecular formula is C42H37N5O6. The number of fused-ring (bicyclic) bond motifs is 7. The zero-order valence-corrected chi connectivity index (χ0v) is 29.3. The Balaban J connectivity index is 1.19. The Bertz CT molecular complexity index is 2540. The molecule has 4 aliphatic heterocycles. The molecule has 1 saturated carbocycles. The Morgan fingerprint density at radius 2 is 1.83 bits per heavy atom. The van der Waals surface area contributed by atoms with Crippen molar-refractivity contribution in [1.29, 1.82) is 0 Å². The first-order valence-corrected chi connectivity index (χ1v) is 18.6. The number of nitrogens with zero attached hydrogens (tertiary/aromatic N) is 2. The molecule has 11 nitrogen and oxygen atoms in total. The molecule has 3 aromatic carbocycles. The van der Waals surface area contributed by atoms with Gasteiger partial charge in [0.2, 0.25) is 17.7 Å². The third kappa shape index (κ3) is 4.14. The van der Waals surface area contributed by atoms with Crippen LogP contribution in [0.15, 0.2) is 75.8 Å². The summed E-state index contributed by atoms with van der Waals surface area (Å²) in [6, 6.07) is 17.9. The van der Waals surface area contributed by atoms with E-state index in [1.165, 1.54) is 0 Å². The largest absolute Gasteiger partial charge is 0.469 e. The Morgan fingerprint density at radius 1 is 1.00 bits per heavy atom. The number of rotatable bonds is 4. The van der Waals surface area contributed by atoms with E-state index in [1.54, 1.807) is 6.20 Å². The fourth-order valence-corrected chi connectivity index (χ4v) is 9.62. The van der Waals surface area contributed by atoms with E-state index in [0.29, 0.717) is 48.1 Å². The van der Waals surface area contributed by atoms with Crippen LogP contribution in [0.1, 0.15) is 80.3 Å². The van der Waals surface area contributed by atoms with E-state index in [-0.39, 0.29) is 29.9 Å². The molecule has 53 heavy (non-hydrogen) atoms. The molecule has 3 aromatic heterocycles. The van der Waals surface area contributed by atoms with E-state index in [2.05, 4.69) is 52.0 Å². The summed E-state index contributed by atoms with van der Waals surface area (Å²) in [6.07, 6.45) is 5.71. The van der Waals surface area contributed by atoms with Gasteiger partial charge in [0.05, 0.1) is 6.20 Å². The van der Waals surface area contributed by atoms with Crippen molar-refractivity contribution in [3.8, 4) is 39.8 Å². The molecule has 10 bridgehead atoms. The van der Waals surface area contributed by atoms with Gasteiger partial charge in [0.25, 0.3) is 0 Å². The number of Topliss-reactive ketones (excluding diaryl/α,β-unsaturated/α-hetero) is 1. The van der Waals surface area contributed by atoms with Gasteiger partial charge in [-0.15, -0.1) is 0 Å². The lowest BCUT2D eigenvalue weighted by molar-refractivity contribution is -0.140. The normalized spacial score (nSPS) is 24.2. The lowest BCUT2D eigenvalue weighted by atomic mass is 9.72. The van der Waals surface area contributed by atoms with Crippen LogP contribution in [0.25, 0.3) is 44.9 Å². The van der Waals surface area contributed by atoms with Gasteiger partial charge >= 0.3 is 0 Å². The van der Waals surface area contributed by atoms with Crippen molar-refractivity contribution in [3.05, 3.63) is 95.3 Å². The van der Waals surface area contributed by atoms with Crippen molar-refractivity contribution in [2.24, 2.45) is 11.8 Å². The molecule has 0 radical (unpaired) electrons. The molecule has 7 heterocycles. The van der Waals surface area contributed by atoms with Gasteiger partial charge in [-0.2, -0.15) is 0 Å². The molecule has 11 rings (SSSR count). The number of para-hydroxylation sites is 1. The predicted octanol–water partition coefficient (Wildman–Crippen LogP) is 7.19. The van der Waals surface area contributed by atoms with E-state index in [4.69, 9.17) is 23.5 Å². The average Bonchev–Trinajstić information content (AvgIpc) is 3.99. The number of benzene rings is 3. The molecule has 5 aliphatic rings. The van der Waals surface area contributed by atoms with Crippen molar-refractivity contribution in [2.45, 2.75) is 75.7 Å². The maximum Gasteiger partial charge on any atom is 0.249 e. The van der Waals surface area contributed by atoms with Crippen LogP contribution in [0.5, 0.6) is 5.75 Å². The van der Waals surface area contributed by atoms with Crippen LogP contribution in [0.4, 0.5) is 5.69 Å². The van der Waals surface area contributed by atoms with Crippen LogP contribution < -0.4 is 15.4 Å². The van der Waals surface area contributed by atoms with Crippen LogP contribution in [-0.2, 0) is 21.4 Å². The number of carbonyl (C=O) groups is 2. The molecular weight excluding hydrogens is 670 g/mol. The summed E-state index contributed by atoms with van der Waals surface area (Å²) in [4.78, 5) is 41.4. The Kier molecular flexibility index (Phi) is 6.23. The highest BCUT2D eigenvalue weighted by Gasteiger charge is 2.61. The predicted molar refractivity (Wildman–Crippen MR) is 195 cm³/mol. The molecule has 1 fully saturated rings. The Hall–Kier alpha value is -5.68. The molecule has 4 N–H and O–H groups in total. The minimum Gasteiger partial charge on any atom is -0.469 e. The molecule has 1 spiro atoms. The summed E-state index contributed by atoms with van der Waals surface area (Å²) in [5, 5.41) is 19.3. The van der Waals surface area contributed by atoms with Crippen LogP contribution in [0.2, 0.25) is 0 Å². The highest BCUT2D eigenvalue weighted by Crippen LogP contribution is 2.61. The summed E-state index contributed by atoms with van der Waals surface area (Å²) in [7, 11) is 0. The van der Waals surface area contributed by atoms with Gasteiger partial charge in [-0.05, 0) is 61.3 Å². The summed E-state index contributed by atoms with van der Waals surface area (Å²) >= 11 is 0. The van der Waals surface area contributed by atoms with Gasteiger partial charge in [0, 0.05) is 57.4 Å². The number of anilines is 1. The smallest absolute Gasteiger partial charge is 0.249 e. The molecule has 0 saturated heterocycles. The quantitative estimate of drug-likeness (QED) is 0.149. The summed E-state index contributed by atoms with van der Waals surface area (Å²) in [5.41, 5.74) is 5.48. The minimum absolute atomic E-state index is 0.0739. The zero-order chi connectivity index (χ0) is 35.8.